The van der Waals surface area contributed by atoms with Crippen molar-refractivity contribution in [3.8, 4) is 5.75 Å². The third-order valence-electron chi connectivity index (χ3n) is 11.0. The third kappa shape index (κ3) is 7.04. The van der Waals surface area contributed by atoms with Crippen molar-refractivity contribution in [3.05, 3.63) is 89.7 Å². The number of rotatable bonds is 13. The molecule has 3 aliphatic rings. The maximum atomic E-state index is 13.8. The number of hydrogen-bond donors (Lipinski definition) is 4. The lowest BCUT2D eigenvalue weighted by atomic mass is 9.70. The summed E-state index contributed by atoms with van der Waals surface area (Å²) >= 11 is 0. The van der Waals surface area contributed by atoms with Crippen molar-refractivity contribution >= 4 is 50.3 Å². The molecule has 0 spiro atoms. The van der Waals surface area contributed by atoms with Crippen LogP contribution in [0.1, 0.15) is 56.5 Å². The normalized spacial score (nSPS) is 22.3. The van der Waals surface area contributed by atoms with E-state index in [-0.39, 0.29) is 37.7 Å². The van der Waals surface area contributed by atoms with Crippen molar-refractivity contribution < 1.29 is 37.1 Å². The van der Waals surface area contributed by atoms with E-state index < -0.39 is 56.5 Å². The number of sulfonamides is 1. The lowest BCUT2D eigenvalue weighted by Crippen LogP contribution is -2.50. The summed E-state index contributed by atoms with van der Waals surface area (Å²) in [5, 5.41) is 5.53. The standard InChI is InChI=1S/C38H41N5O8S/c1-37(2)25-14-15-38(37,32(44)18-25)22-52(48,49)43-29(36(47)50-21-23-8-4-3-5-9-23)17-24-12-13-30-28(16-24)42-35(46)31(51-30)19-34(45)39-20-33-40-26-10-6-7-11-27(26)41-33/h3-13,16,25,29,31,43H,14-15,17-22H2,1-2H3,(H,39,45)(H,40,41)(H,42,46)/t25?,29-,31?,38-/m0/s1. The number of aromatic nitrogens is 2. The number of H-pyrrole nitrogens is 1. The minimum absolute atomic E-state index is 0.0465. The molecule has 2 heterocycles. The Kier molecular flexibility index (Phi) is 9.38. The first kappa shape index (κ1) is 35.3. The molecule has 7 rings (SSSR count). The molecule has 4 aromatic rings. The van der Waals surface area contributed by atoms with Gasteiger partial charge in [0.15, 0.2) is 6.10 Å². The van der Waals surface area contributed by atoms with E-state index in [1.54, 1.807) is 42.5 Å². The van der Waals surface area contributed by atoms with Gasteiger partial charge in [-0.3, -0.25) is 19.2 Å². The minimum atomic E-state index is -4.14. The molecule has 13 nitrogen and oxygen atoms in total. The second-order valence-corrected chi connectivity index (χ2v) is 16.3. The second-order valence-electron chi connectivity index (χ2n) is 14.5. The van der Waals surface area contributed by atoms with Gasteiger partial charge in [-0.15, -0.1) is 0 Å². The zero-order chi connectivity index (χ0) is 36.7. The Labute approximate surface area is 301 Å². The number of ether oxygens (including phenoxy) is 2. The highest BCUT2D eigenvalue weighted by molar-refractivity contribution is 7.89. The number of nitrogens with zero attached hydrogens (tertiary/aromatic N) is 1. The number of benzene rings is 3. The minimum Gasteiger partial charge on any atom is -0.478 e. The van der Waals surface area contributed by atoms with Crippen LogP contribution in [-0.4, -0.2) is 59.9 Å². The molecule has 3 aromatic carbocycles. The van der Waals surface area contributed by atoms with E-state index in [0.717, 1.165) is 23.0 Å². The van der Waals surface area contributed by atoms with Crippen LogP contribution in [0, 0.1) is 16.7 Å². The van der Waals surface area contributed by atoms with Crippen molar-refractivity contribution in [1.82, 2.24) is 20.0 Å². The number of amides is 2. The van der Waals surface area contributed by atoms with Gasteiger partial charge in [-0.1, -0.05) is 62.4 Å². The average molecular weight is 728 g/mol. The van der Waals surface area contributed by atoms with E-state index in [1.165, 1.54) is 0 Å². The molecule has 1 aliphatic heterocycles. The van der Waals surface area contributed by atoms with Gasteiger partial charge in [0.1, 0.15) is 30.0 Å². The van der Waals surface area contributed by atoms with E-state index in [0.29, 0.717) is 35.7 Å². The van der Waals surface area contributed by atoms with E-state index in [2.05, 4.69) is 25.3 Å². The molecule has 0 radical (unpaired) electrons. The fraction of sp³-hybridized carbons (Fsp3) is 0.395. The predicted octanol–water partition coefficient (Wildman–Crippen LogP) is 3.94. The molecule has 1 aromatic heterocycles. The van der Waals surface area contributed by atoms with Gasteiger partial charge < -0.3 is 25.1 Å². The number of para-hydroxylation sites is 2. The number of carbonyl (C=O) groups excluding carboxylic acids is 4. The topological polar surface area (TPSA) is 186 Å². The monoisotopic (exact) mass is 727 g/mol. The molecule has 2 amide bonds. The summed E-state index contributed by atoms with van der Waals surface area (Å²) in [6, 6.07) is 20.1. The molecule has 52 heavy (non-hydrogen) atoms. The number of hydrogen-bond acceptors (Lipinski definition) is 9. The predicted molar refractivity (Wildman–Crippen MR) is 191 cm³/mol. The van der Waals surface area contributed by atoms with Crippen LogP contribution < -0.4 is 20.1 Å². The fourth-order valence-corrected chi connectivity index (χ4v) is 9.92. The largest absolute Gasteiger partial charge is 0.478 e. The highest BCUT2D eigenvalue weighted by Gasteiger charge is 2.65. The van der Waals surface area contributed by atoms with E-state index in [1.807, 2.05) is 44.2 Å². The van der Waals surface area contributed by atoms with E-state index in [4.69, 9.17) is 9.47 Å². The zero-order valence-corrected chi connectivity index (χ0v) is 29.8. The van der Waals surface area contributed by atoms with Gasteiger partial charge in [0.05, 0.1) is 35.4 Å². The van der Waals surface area contributed by atoms with Crippen molar-refractivity contribution in [2.75, 3.05) is 11.1 Å². The smallest absolute Gasteiger partial charge is 0.324 e. The first-order valence-corrected chi connectivity index (χ1v) is 19.0. The highest BCUT2D eigenvalue weighted by Crippen LogP contribution is 2.64. The number of carbonyl (C=O) groups is 4. The van der Waals surface area contributed by atoms with Crippen LogP contribution >= 0.6 is 0 Å². The summed E-state index contributed by atoms with van der Waals surface area (Å²) in [6.45, 7) is 4.01. The third-order valence-corrected chi connectivity index (χ3v) is 12.5. The van der Waals surface area contributed by atoms with Crippen LogP contribution in [0.3, 0.4) is 0 Å². The summed E-state index contributed by atoms with van der Waals surface area (Å²) in [6.07, 6.45) is 0.221. The molecule has 0 saturated heterocycles. The number of imidazole rings is 1. The van der Waals surface area contributed by atoms with Gasteiger partial charge in [-0.05, 0) is 66.0 Å². The Bertz CT molecular complexity index is 2120. The average Bonchev–Trinajstić information content (AvgIpc) is 3.69. The van der Waals surface area contributed by atoms with Crippen molar-refractivity contribution in [3.63, 3.8) is 0 Å². The molecule has 272 valence electrons. The number of ketones is 1. The first-order chi connectivity index (χ1) is 24.8. The Balaban J connectivity index is 1.02. The lowest BCUT2D eigenvalue weighted by molar-refractivity contribution is -0.147. The SMILES string of the molecule is CC1(C)C2CC[C@]1(CS(=O)(=O)N[C@@H](Cc1ccc3c(c1)NC(=O)C(CC(=O)NCc1nc4ccccc4[nH]1)O3)C(=O)OCc1ccccc1)C(=O)C2. The number of fused-ring (bicyclic) bond motifs is 4. The van der Waals surface area contributed by atoms with E-state index >= 15 is 0 Å². The van der Waals surface area contributed by atoms with Crippen LogP contribution in [0.4, 0.5) is 5.69 Å². The lowest BCUT2D eigenvalue weighted by Gasteiger charge is -2.36. The van der Waals surface area contributed by atoms with E-state index in [9.17, 15) is 27.6 Å². The maximum Gasteiger partial charge on any atom is 0.324 e. The molecule has 14 heteroatoms. The molecule has 2 saturated carbocycles. The highest BCUT2D eigenvalue weighted by atomic mass is 32.2. The van der Waals surface area contributed by atoms with Crippen molar-refractivity contribution in [2.45, 2.75) is 71.2 Å². The summed E-state index contributed by atoms with van der Waals surface area (Å²) < 4.78 is 41.6. The Hall–Kier alpha value is -5.08. The number of nitrogens with one attached hydrogen (secondary N) is 4. The molecule has 2 aliphatic carbocycles. The van der Waals surface area contributed by atoms with Crippen LogP contribution in [0.25, 0.3) is 11.0 Å². The summed E-state index contributed by atoms with van der Waals surface area (Å²) in [4.78, 5) is 60.0. The van der Waals surface area contributed by atoms with Crippen LogP contribution in [-0.2, 0) is 53.5 Å². The van der Waals surface area contributed by atoms with Gasteiger partial charge >= 0.3 is 5.97 Å². The summed E-state index contributed by atoms with van der Waals surface area (Å²) in [5.74, 6) is -1.14. The second kappa shape index (κ2) is 13.8. The Morgan fingerprint density at radius 3 is 2.54 bits per heavy atom. The fourth-order valence-electron chi connectivity index (χ4n) is 7.90. The van der Waals surface area contributed by atoms with Gasteiger partial charge in [-0.25, -0.2) is 18.1 Å². The molecule has 2 bridgehead atoms. The molecule has 4 N–H and O–H groups in total. The van der Waals surface area contributed by atoms with Crippen LogP contribution in [0.2, 0.25) is 0 Å². The number of anilines is 1. The van der Waals surface area contributed by atoms with Gasteiger partial charge in [0, 0.05) is 11.8 Å². The molecular weight excluding hydrogens is 687 g/mol. The van der Waals surface area contributed by atoms with Crippen LogP contribution in [0.5, 0.6) is 5.75 Å². The van der Waals surface area contributed by atoms with Crippen molar-refractivity contribution in [2.24, 2.45) is 16.7 Å². The maximum absolute atomic E-state index is 13.8. The Morgan fingerprint density at radius 1 is 1.04 bits per heavy atom. The summed E-state index contributed by atoms with van der Waals surface area (Å²) in [7, 11) is -4.14. The van der Waals surface area contributed by atoms with Crippen molar-refractivity contribution in [1.29, 1.82) is 0 Å². The summed E-state index contributed by atoms with van der Waals surface area (Å²) in [5.41, 5.74) is 1.70. The molecule has 4 atom stereocenters. The first-order valence-electron chi connectivity index (χ1n) is 17.4. The molecule has 2 unspecified atom stereocenters. The van der Waals surface area contributed by atoms with Crippen LogP contribution in [0.15, 0.2) is 72.8 Å². The van der Waals surface area contributed by atoms with Gasteiger partial charge in [0.25, 0.3) is 5.91 Å². The molecule has 2 fully saturated rings. The quantitative estimate of drug-likeness (QED) is 0.148. The number of esters is 1. The molecular formula is C38H41N5O8S. The number of Topliss-reactive ketones (excluding diaryl/α,β-unsaturated/α-hetero) is 1. The number of aromatic amines is 1. The zero-order valence-electron chi connectivity index (χ0n) is 28.9. The van der Waals surface area contributed by atoms with Gasteiger partial charge in [0.2, 0.25) is 15.9 Å². The Morgan fingerprint density at radius 2 is 1.81 bits per heavy atom. The van der Waals surface area contributed by atoms with Gasteiger partial charge in [-0.2, -0.15) is 0 Å².